The lowest BCUT2D eigenvalue weighted by Crippen LogP contribution is -1.99. The Bertz CT molecular complexity index is 400. The molecule has 0 bridgehead atoms. The predicted molar refractivity (Wildman–Crippen MR) is 46.0 cm³/mol. The van der Waals surface area contributed by atoms with Crippen molar-refractivity contribution >= 4 is 5.97 Å². The lowest BCUT2D eigenvalue weighted by Gasteiger charge is -2.04. The SMILES string of the molecule is [2H]C([2H])([2H])Oc1ccc(CC(=O)O)cc1O. The first kappa shape index (κ1) is 5.85. The summed E-state index contributed by atoms with van der Waals surface area (Å²) >= 11 is 0. The molecule has 0 aliphatic rings. The van der Waals surface area contributed by atoms with Crippen molar-refractivity contribution < 1.29 is 23.9 Å². The third-order valence-electron chi connectivity index (χ3n) is 1.49. The van der Waals surface area contributed by atoms with Gasteiger partial charge in [-0.2, -0.15) is 0 Å². The van der Waals surface area contributed by atoms with Gasteiger partial charge in [0.1, 0.15) is 0 Å². The number of rotatable bonds is 3. The van der Waals surface area contributed by atoms with E-state index in [1.807, 2.05) is 0 Å². The summed E-state index contributed by atoms with van der Waals surface area (Å²) in [7, 11) is -2.65. The standard InChI is InChI=1S/C9H10O4/c1-13-8-3-2-6(4-7(8)10)5-9(11)12/h2-4,10H,5H2,1H3,(H,11,12)/i1D3. The van der Waals surface area contributed by atoms with Crippen LogP contribution in [0.1, 0.15) is 9.68 Å². The van der Waals surface area contributed by atoms with Crippen molar-refractivity contribution in [3.05, 3.63) is 23.8 Å². The zero-order chi connectivity index (χ0) is 12.3. The van der Waals surface area contributed by atoms with Gasteiger partial charge in [0, 0.05) is 0 Å². The van der Waals surface area contributed by atoms with E-state index in [-0.39, 0.29) is 12.2 Å². The van der Waals surface area contributed by atoms with E-state index in [1.54, 1.807) is 0 Å². The minimum Gasteiger partial charge on any atom is -0.504 e. The molecule has 0 saturated carbocycles. The Balaban J connectivity index is 2.87. The maximum atomic E-state index is 10.4. The smallest absolute Gasteiger partial charge is 0.307 e. The number of hydrogen-bond donors (Lipinski definition) is 2. The zero-order valence-electron chi connectivity index (χ0n) is 9.65. The van der Waals surface area contributed by atoms with Crippen LogP contribution in [0.2, 0.25) is 0 Å². The second-order valence-electron chi connectivity index (χ2n) is 2.47. The van der Waals surface area contributed by atoms with Crippen LogP contribution in [0.5, 0.6) is 11.5 Å². The summed E-state index contributed by atoms with van der Waals surface area (Å²) in [5.41, 5.74) is 0.364. The van der Waals surface area contributed by atoms with Crippen molar-refractivity contribution in [3.8, 4) is 11.5 Å². The third kappa shape index (κ3) is 2.37. The Morgan fingerprint density at radius 2 is 2.46 bits per heavy atom. The highest BCUT2D eigenvalue weighted by molar-refractivity contribution is 5.70. The maximum absolute atomic E-state index is 10.4. The Labute approximate surface area is 79.6 Å². The monoisotopic (exact) mass is 185 g/mol. The van der Waals surface area contributed by atoms with Gasteiger partial charge in [-0.05, 0) is 17.7 Å². The molecule has 0 aliphatic carbocycles. The van der Waals surface area contributed by atoms with Crippen molar-refractivity contribution in [3.63, 3.8) is 0 Å². The summed E-state index contributed by atoms with van der Waals surface area (Å²) in [4.78, 5) is 10.4. The van der Waals surface area contributed by atoms with Gasteiger partial charge < -0.3 is 14.9 Å². The zero-order valence-corrected chi connectivity index (χ0v) is 6.65. The number of hydrogen-bond acceptors (Lipinski definition) is 3. The van der Waals surface area contributed by atoms with E-state index in [2.05, 4.69) is 4.74 Å². The number of carboxylic acid groups (broad SMARTS) is 1. The van der Waals surface area contributed by atoms with Gasteiger partial charge >= 0.3 is 5.97 Å². The first-order chi connectivity index (χ1) is 7.28. The second kappa shape index (κ2) is 3.80. The number of ether oxygens (including phenoxy) is 1. The largest absolute Gasteiger partial charge is 0.504 e. The Morgan fingerprint density at radius 1 is 1.69 bits per heavy atom. The summed E-state index contributed by atoms with van der Waals surface area (Å²) in [6.45, 7) is 0. The lowest BCUT2D eigenvalue weighted by molar-refractivity contribution is -0.136. The van der Waals surface area contributed by atoms with Crippen molar-refractivity contribution in [2.45, 2.75) is 6.42 Å². The van der Waals surface area contributed by atoms with E-state index in [1.165, 1.54) is 12.1 Å². The van der Waals surface area contributed by atoms with E-state index < -0.39 is 18.8 Å². The highest BCUT2D eigenvalue weighted by atomic mass is 16.5. The fraction of sp³-hybridized carbons (Fsp3) is 0.222. The molecule has 0 spiro atoms. The molecule has 0 unspecified atom stereocenters. The molecule has 0 amide bonds. The molecule has 4 nitrogen and oxygen atoms in total. The van der Waals surface area contributed by atoms with Gasteiger partial charge in [-0.1, -0.05) is 6.07 Å². The molecule has 0 atom stereocenters. The van der Waals surface area contributed by atoms with Gasteiger partial charge in [0.05, 0.1) is 17.6 Å². The molecule has 0 fully saturated rings. The number of benzene rings is 1. The molecule has 70 valence electrons. The molecule has 1 aromatic rings. The van der Waals surface area contributed by atoms with Crippen LogP contribution in [0.25, 0.3) is 0 Å². The average molecular weight is 185 g/mol. The van der Waals surface area contributed by atoms with Crippen molar-refractivity contribution in [2.24, 2.45) is 0 Å². The molecule has 13 heavy (non-hydrogen) atoms. The minimum absolute atomic E-state index is 0.200. The maximum Gasteiger partial charge on any atom is 0.307 e. The van der Waals surface area contributed by atoms with Gasteiger partial charge in [0.15, 0.2) is 11.5 Å². The van der Waals surface area contributed by atoms with Gasteiger partial charge in [0.2, 0.25) is 0 Å². The van der Waals surface area contributed by atoms with Crippen LogP contribution in [0.4, 0.5) is 0 Å². The first-order valence-electron chi connectivity index (χ1n) is 5.00. The Morgan fingerprint density at radius 3 is 3.00 bits per heavy atom. The number of aromatic hydroxyl groups is 1. The summed E-state index contributed by atoms with van der Waals surface area (Å²) in [6.07, 6.45) is -0.248. The number of aliphatic carboxylic acids is 1. The van der Waals surface area contributed by atoms with Crippen molar-refractivity contribution in [2.75, 3.05) is 7.04 Å². The lowest BCUT2D eigenvalue weighted by atomic mass is 10.1. The highest BCUT2D eigenvalue weighted by Gasteiger charge is 2.04. The van der Waals surface area contributed by atoms with E-state index in [4.69, 9.17) is 9.22 Å². The number of phenols is 1. The van der Waals surface area contributed by atoms with Crippen molar-refractivity contribution in [1.82, 2.24) is 0 Å². The Hall–Kier alpha value is -1.71. The molecule has 0 radical (unpaired) electrons. The molecule has 0 saturated heterocycles. The van der Waals surface area contributed by atoms with E-state index in [0.717, 1.165) is 6.07 Å². The van der Waals surface area contributed by atoms with Crippen LogP contribution in [0.15, 0.2) is 18.2 Å². The van der Waals surface area contributed by atoms with Gasteiger partial charge in [-0.25, -0.2) is 0 Å². The minimum atomic E-state index is -2.65. The van der Waals surface area contributed by atoms with Crippen LogP contribution >= 0.6 is 0 Å². The Kier molecular flexibility index (Phi) is 1.71. The van der Waals surface area contributed by atoms with E-state index in [9.17, 15) is 9.90 Å². The molecule has 1 rings (SSSR count). The molecule has 1 aromatic carbocycles. The molecular formula is C9H10O4. The molecule has 4 heteroatoms. The summed E-state index contributed by atoms with van der Waals surface area (Å²) < 4.78 is 25.0. The normalized spacial score (nSPS) is 14.0. The molecular weight excluding hydrogens is 172 g/mol. The van der Waals surface area contributed by atoms with Crippen LogP contribution in [-0.4, -0.2) is 23.2 Å². The van der Waals surface area contributed by atoms with Crippen LogP contribution in [-0.2, 0) is 11.2 Å². The van der Waals surface area contributed by atoms with Crippen molar-refractivity contribution in [1.29, 1.82) is 0 Å². The molecule has 2 N–H and O–H groups in total. The van der Waals surface area contributed by atoms with Gasteiger partial charge in [-0.15, -0.1) is 0 Å². The third-order valence-corrected chi connectivity index (χ3v) is 1.49. The number of carboxylic acids is 1. The molecule has 0 aromatic heterocycles. The topological polar surface area (TPSA) is 66.8 Å². The predicted octanol–water partition coefficient (Wildman–Crippen LogP) is 1.03. The number of carbonyl (C=O) groups is 1. The average Bonchev–Trinajstić information content (AvgIpc) is 2.06. The van der Waals surface area contributed by atoms with Crippen LogP contribution in [0.3, 0.4) is 0 Å². The first-order valence-corrected chi connectivity index (χ1v) is 3.50. The number of methoxy groups -OCH3 is 1. The molecule has 0 aliphatic heterocycles. The summed E-state index contributed by atoms with van der Waals surface area (Å²) in [5, 5.41) is 17.9. The fourth-order valence-corrected chi connectivity index (χ4v) is 0.934. The van der Waals surface area contributed by atoms with E-state index >= 15 is 0 Å². The van der Waals surface area contributed by atoms with Gasteiger partial charge in [-0.3, -0.25) is 4.79 Å². The quantitative estimate of drug-likeness (QED) is 0.738. The van der Waals surface area contributed by atoms with Crippen LogP contribution < -0.4 is 4.74 Å². The highest BCUT2D eigenvalue weighted by Crippen LogP contribution is 2.26. The fourth-order valence-electron chi connectivity index (χ4n) is 0.934. The number of phenolic OH excluding ortho intramolecular Hbond substituents is 1. The molecule has 0 heterocycles. The van der Waals surface area contributed by atoms with Crippen LogP contribution in [0, 0.1) is 0 Å². The summed E-state index contributed by atoms with van der Waals surface area (Å²) in [5.74, 6) is -1.63. The summed E-state index contributed by atoms with van der Waals surface area (Å²) in [6, 6.07) is 3.77. The van der Waals surface area contributed by atoms with Gasteiger partial charge in [0.25, 0.3) is 0 Å². The van der Waals surface area contributed by atoms with E-state index in [0.29, 0.717) is 5.56 Å². The second-order valence-corrected chi connectivity index (χ2v) is 2.47.